The average Bonchev–Trinajstić information content (AvgIpc) is 3.39. The summed E-state index contributed by atoms with van der Waals surface area (Å²) < 4.78 is 5.68. The first-order chi connectivity index (χ1) is 14.7. The molecule has 30 heavy (non-hydrogen) atoms. The number of allylic oxidation sites excluding steroid dienone is 2. The highest BCUT2D eigenvalue weighted by Crippen LogP contribution is 2.46. The quantitative estimate of drug-likeness (QED) is 0.490. The van der Waals surface area contributed by atoms with Crippen molar-refractivity contribution in [3.05, 3.63) is 75.9 Å². The second kappa shape index (κ2) is 8.36. The van der Waals surface area contributed by atoms with Crippen molar-refractivity contribution in [2.75, 3.05) is 12.4 Å². The Kier molecular flexibility index (Phi) is 5.44. The molecule has 4 nitrogen and oxygen atoms in total. The third-order valence-electron chi connectivity index (χ3n) is 5.68. The van der Waals surface area contributed by atoms with Gasteiger partial charge in [-0.25, -0.2) is 4.98 Å². The van der Waals surface area contributed by atoms with Gasteiger partial charge in [0.2, 0.25) is 0 Å². The van der Waals surface area contributed by atoms with Crippen molar-refractivity contribution in [1.82, 2.24) is 10.3 Å². The number of aryl methyl sites for hydroxylation is 1. The molecular weight excluding hydrogens is 410 g/mol. The molecule has 2 unspecified atom stereocenters. The van der Waals surface area contributed by atoms with Crippen LogP contribution in [0.25, 0.3) is 10.4 Å². The molecule has 0 radical (unpaired) electrons. The molecular formula is C24H25N3OS2. The number of aromatic nitrogens is 1. The Balaban J connectivity index is 1.33. The first-order valence-electron chi connectivity index (χ1n) is 10.3. The largest absolute Gasteiger partial charge is 0.496 e. The number of rotatable bonds is 5. The second-order valence-corrected chi connectivity index (χ2v) is 10.1. The van der Waals surface area contributed by atoms with Gasteiger partial charge in [-0.1, -0.05) is 42.1 Å². The molecule has 3 aromatic rings. The lowest BCUT2D eigenvalue weighted by Crippen LogP contribution is -2.30. The van der Waals surface area contributed by atoms with Crippen molar-refractivity contribution in [3.8, 4) is 16.2 Å². The molecule has 2 aromatic carbocycles. The van der Waals surface area contributed by atoms with Gasteiger partial charge >= 0.3 is 0 Å². The first kappa shape index (κ1) is 19.5. The molecule has 0 fully saturated rings. The molecule has 154 valence electrons. The molecule has 5 rings (SSSR count). The zero-order valence-electron chi connectivity index (χ0n) is 17.1. The maximum Gasteiger partial charge on any atom is 0.149 e. The number of thiazole rings is 1. The predicted molar refractivity (Wildman–Crippen MR) is 127 cm³/mol. The molecule has 2 aliphatic rings. The number of ether oxygens (including phenoxy) is 1. The van der Waals surface area contributed by atoms with Crippen LogP contribution >= 0.6 is 23.1 Å². The third-order valence-corrected chi connectivity index (χ3v) is 7.81. The highest BCUT2D eigenvalue weighted by Gasteiger charge is 2.32. The number of methoxy groups -OCH3 is 1. The van der Waals surface area contributed by atoms with E-state index in [-0.39, 0.29) is 5.50 Å². The Morgan fingerprint density at radius 2 is 2.03 bits per heavy atom. The zero-order chi connectivity index (χ0) is 20.5. The summed E-state index contributed by atoms with van der Waals surface area (Å²) in [5.74, 6) is 1.34. The van der Waals surface area contributed by atoms with Crippen LogP contribution in [0.1, 0.15) is 35.8 Å². The van der Waals surface area contributed by atoms with Crippen molar-refractivity contribution in [3.63, 3.8) is 0 Å². The molecule has 0 bridgehead atoms. The number of thioether (sulfide) groups is 1. The third kappa shape index (κ3) is 3.82. The van der Waals surface area contributed by atoms with E-state index in [2.05, 4.69) is 64.1 Å². The van der Waals surface area contributed by atoms with Crippen molar-refractivity contribution < 1.29 is 4.74 Å². The van der Waals surface area contributed by atoms with Crippen molar-refractivity contribution in [2.24, 2.45) is 0 Å². The van der Waals surface area contributed by atoms with E-state index in [1.165, 1.54) is 35.4 Å². The summed E-state index contributed by atoms with van der Waals surface area (Å²) in [6, 6.07) is 17.2. The van der Waals surface area contributed by atoms with Crippen LogP contribution in [0.3, 0.4) is 0 Å². The molecule has 1 aliphatic heterocycles. The van der Waals surface area contributed by atoms with E-state index in [4.69, 9.17) is 4.74 Å². The second-order valence-electron chi connectivity index (χ2n) is 7.64. The molecule has 0 amide bonds. The molecule has 0 saturated carbocycles. The zero-order valence-corrected chi connectivity index (χ0v) is 18.8. The summed E-state index contributed by atoms with van der Waals surface area (Å²) >= 11 is 3.60. The summed E-state index contributed by atoms with van der Waals surface area (Å²) in [4.78, 5) is 7.00. The van der Waals surface area contributed by atoms with Gasteiger partial charge in [0.05, 0.1) is 17.0 Å². The molecule has 2 atom stereocenters. The van der Waals surface area contributed by atoms with Gasteiger partial charge in [0.15, 0.2) is 0 Å². The van der Waals surface area contributed by atoms with E-state index in [9.17, 15) is 0 Å². The van der Waals surface area contributed by atoms with E-state index in [0.29, 0.717) is 5.92 Å². The lowest BCUT2D eigenvalue weighted by molar-refractivity contribution is 0.416. The molecule has 2 N–H and O–H groups in total. The predicted octanol–water partition coefficient (Wildman–Crippen LogP) is 6.34. The summed E-state index contributed by atoms with van der Waals surface area (Å²) in [6.45, 7) is 2.02. The van der Waals surface area contributed by atoms with Gasteiger partial charge in [-0.3, -0.25) is 0 Å². The topological polar surface area (TPSA) is 46.2 Å². The maximum absolute atomic E-state index is 5.68. The molecule has 0 saturated heterocycles. The van der Waals surface area contributed by atoms with Gasteiger partial charge < -0.3 is 15.4 Å². The Hall–Kier alpha value is -2.44. The monoisotopic (exact) mass is 435 g/mol. The smallest absolute Gasteiger partial charge is 0.149 e. The fourth-order valence-corrected chi connectivity index (χ4v) is 6.33. The van der Waals surface area contributed by atoms with Crippen LogP contribution in [0, 0.1) is 6.92 Å². The number of benzene rings is 2. The molecule has 0 spiro atoms. The highest BCUT2D eigenvalue weighted by molar-refractivity contribution is 8.04. The normalized spacial score (nSPS) is 20.6. The number of hydrogen-bond donors (Lipinski definition) is 2. The van der Waals surface area contributed by atoms with E-state index < -0.39 is 0 Å². The van der Waals surface area contributed by atoms with Crippen LogP contribution < -0.4 is 15.4 Å². The first-order valence-corrected chi connectivity index (χ1v) is 12.0. The number of anilines is 1. The van der Waals surface area contributed by atoms with E-state index >= 15 is 0 Å². The van der Waals surface area contributed by atoms with Gasteiger partial charge in [0.1, 0.15) is 11.2 Å². The van der Waals surface area contributed by atoms with Gasteiger partial charge in [0, 0.05) is 40.0 Å². The fraction of sp³-hybridized carbons (Fsp3) is 0.292. The lowest BCUT2D eigenvalue weighted by Gasteiger charge is -2.25. The van der Waals surface area contributed by atoms with Gasteiger partial charge in [0.25, 0.3) is 0 Å². The number of hydrogen-bond acceptors (Lipinski definition) is 6. The van der Waals surface area contributed by atoms with E-state index in [1.54, 1.807) is 18.4 Å². The maximum atomic E-state index is 5.68. The van der Waals surface area contributed by atoms with Crippen molar-refractivity contribution in [1.29, 1.82) is 0 Å². The summed E-state index contributed by atoms with van der Waals surface area (Å²) in [5, 5.41) is 8.47. The van der Waals surface area contributed by atoms with Crippen LogP contribution in [0.5, 0.6) is 5.75 Å². The summed E-state index contributed by atoms with van der Waals surface area (Å²) in [5.41, 5.74) is 5.09. The van der Waals surface area contributed by atoms with Gasteiger partial charge in [-0.15, -0.1) is 11.3 Å². The van der Waals surface area contributed by atoms with Crippen LogP contribution in [0.15, 0.2) is 65.3 Å². The van der Waals surface area contributed by atoms with Gasteiger partial charge in [-0.05, 0) is 43.9 Å². The van der Waals surface area contributed by atoms with Crippen LogP contribution in [0.2, 0.25) is 0 Å². The summed E-state index contributed by atoms with van der Waals surface area (Å²) in [7, 11) is 1.73. The Bertz CT molecular complexity index is 1080. The van der Waals surface area contributed by atoms with E-state index in [0.717, 1.165) is 26.9 Å². The average molecular weight is 436 g/mol. The molecule has 1 aromatic heterocycles. The molecule has 1 aliphatic carbocycles. The minimum absolute atomic E-state index is 0.139. The minimum Gasteiger partial charge on any atom is -0.496 e. The lowest BCUT2D eigenvalue weighted by atomic mass is 9.86. The molecule has 6 heteroatoms. The minimum atomic E-state index is 0.139. The van der Waals surface area contributed by atoms with Crippen molar-refractivity contribution in [2.45, 2.75) is 37.6 Å². The fourth-order valence-electron chi connectivity index (χ4n) is 4.26. The Morgan fingerprint density at radius 1 is 1.17 bits per heavy atom. The van der Waals surface area contributed by atoms with Crippen molar-refractivity contribution >= 4 is 28.8 Å². The Morgan fingerprint density at radius 3 is 2.80 bits per heavy atom. The summed E-state index contributed by atoms with van der Waals surface area (Å²) in [6.07, 6.45) is 5.54. The van der Waals surface area contributed by atoms with E-state index in [1.807, 2.05) is 24.9 Å². The standard InChI is InChI=1S/C24H25N3OS2/c1-15-25-14-22(29-15)19-12-11-17(13-20(19)28-2)26-24-27-23-18(9-6-10-21(23)30-24)16-7-4-3-5-8-16/h3-5,7-8,11-14,18,24,26-27H,6,9-10H2,1-2H3. The Labute approximate surface area is 185 Å². The number of nitrogens with one attached hydrogen (secondary N) is 2. The van der Waals surface area contributed by atoms with Gasteiger partial charge in [-0.2, -0.15) is 0 Å². The highest BCUT2D eigenvalue weighted by atomic mass is 32.2. The SMILES string of the molecule is COc1cc(NC2NC3=C(CCCC3c3ccccc3)S2)ccc1-c1cnc(C)s1. The van der Waals surface area contributed by atoms with Crippen LogP contribution in [-0.4, -0.2) is 17.6 Å². The molecule has 2 heterocycles. The van der Waals surface area contributed by atoms with Crippen LogP contribution in [0.4, 0.5) is 5.69 Å². The number of nitrogens with zero attached hydrogens (tertiary/aromatic N) is 1. The van der Waals surface area contributed by atoms with Crippen LogP contribution in [-0.2, 0) is 0 Å².